The zero-order valence-electron chi connectivity index (χ0n) is 11.5. The van der Waals surface area contributed by atoms with Gasteiger partial charge in [-0.1, -0.05) is 13.8 Å². The Kier molecular flexibility index (Phi) is 5.81. The Morgan fingerprint density at radius 1 is 1.29 bits per heavy atom. The maximum absolute atomic E-state index is 4.49. The van der Waals surface area contributed by atoms with Crippen LogP contribution < -0.4 is 10.2 Å². The molecule has 0 amide bonds. The molecule has 1 aliphatic rings. The summed E-state index contributed by atoms with van der Waals surface area (Å²) in [5, 5.41) is 3.09. The average Bonchev–Trinajstić information content (AvgIpc) is 2.42. The highest BCUT2D eigenvalue weighted by Crippen LogP contribution is 2.23. The Hall–Kier alpha value is -1.25. The van der Waals surface area contributed by atoms with Gasteiger partial charge in [-0.15, -0.1) is 0 Å². The molecule has 2 rings (SSSR count). The van der Waals surface area contributed by atoms with E-state index in [2.05, 4.69) is 34.3 Å². The Labute approximate surface area is 105 Å². The highest BCUT2D eigenvalue weighted by molar-refractivity contribution is 5.48. The second-order valence-corrected chi connectivity index (χ2v) is 4.19. The van der Waals surface area contributed by atoms with Gasteiger partial charge in [-0.2, -0.15) is 0 Å². The summed E-state index contributed by atoms with van der Waals surface area (Å²) in [5.74, 6) is 1.11. The van der Waals surface area contributed by atoms with Gasteiger partial charge in [-0.3, -0.25) is 0 Å². The zero-order valence-corrected chi connectivity index (χ0v) is 11.5. The predicted molar refractivity (Wildman–Crippen MR) is 75.8 cm³/mol. The van der Waals surface area contributed by atoms with Crippen molar-refractivity contribution in [3.05, 3.63) is 18.3 Å². The van der Waals surface area contributed by atoms with Crippen LogP contribution in [0.1, 0.15) is 40.0 Å². The lowest BCUT2D eigenvalue weighted by Gasteiger charge is -2.34. The molecule has 1 saturated heterocycles. The number of nitrogens with zero attached hydrogens (tertiary/aromatic N) is 2. The first-order valence-corrected chi connectivity index (χ1v) is 6.71. The zero-order chi connectivity index (χ0) is 12.7. The summed E-state index contributed by atoms with van der Waals surface area (Å²) in [7, 11) is 1.92. The van der Waals surface area contributed by atoms with Crippen molar-refractivity contribution >= 4 is 11.5 Å². The molecule has 0 radical (unpaired) electrons. The van der Waals surface area contributed by atoms with Crippen LogP contribution in [0.25, 0.3) is 0 Å². The topological polar surface area (TPSA) is 28.2 Å². The van der Waals surface area contributed by atoms with Gasteiger partial charge in [0.05, 0.1) is 11.9 Å². The number of nitrogens with one attached hydrogen (secondary N) is 1. The molecule has 3 nitrogen and oxygen atoms in total. The maximum atomic E-state index is 4.49. The number of pyridine rings is 1. The fourth-order valence-electron chi connectivity index (χ4n) is 2.14. The van der Waals surface area contributed by atoms with E-state index in [1.54, 1.807) is 0 Å². The van der Waals surface area contributed by atoms with Crippen LogP contribution in [0.4, 0.5) is 11.5 Å². The first kappa shape index (κ1) is 13.8. The minimum absolute atomic E-state index is 0.631. The van der Waals surface area contributed by atoms with E-state index in [1.165, 1.54) is 19.3 Å². The third kappa shape index (κ3) is 3.62. The second-order valence-electron chi connectivity index (χ2n) is 4.19. The number of hydrogen-bond acceptors (Lipinski definition) is 3. The lowest BCUT2D eigenvalue weighted by Crippen LogP contribution is -2.37. The molecule has 1 fully saturated rings. The molecule has 1 aliphatic heterocycles. The first-order valence-electron chi connectivity index (χ1n) is 6.71. The number of aromatic nitrogens is 1. The molecule has 0 spiro atoms. The maximum Gasteiger partial charge on any atom is 0.128 e. The van der Waals surface area contributed by atoms with Crippen LogP contribution in [0.3, 0.4) is 0 Å². The SMILES string of the molecule is CC.CNc1ccc(N2CCCCC2C)nc1. The van der Waals surface area contributed by atoms with Crippen molar-refractivity contribution in [2.24, 2.45) is 0 Å². The van der Waals surface area contributed by atoms with E-state index in [9.17, 15) is 0 Å². The summed E-state index contributed by atoms with van der Waals surface area (Å²) in [6.45, 7) is 7.43. The molecule has 0 saturated carbocycles. The highest BCUT2D eigenvalue weighted by atomic mass is 15.2. The van der Waals surface area contributed by atoms with E-state index in [0.29, 0.717) is 6.04 Å². The number of hydrogen-bond donors (Lipinski definition) is 1. The summed E-state index contributed by atoms with van der Waals surface area (Å²) in [5.41, 5.74) is 1.07. The monoisotopic (exact) mass is 235 g/mol. The van der Waals surface area contributed by atoms with E-state index >= 15 is 0 Å². The fourth-order valence-corrected chi connectivity index (χ4v) is 2.14. The molecule has 1 atom stereocenters. The minimum atomic E-state index is 0.631. The summed E-state index contributed by atoms with van der Waals surface area (Å²) >= 11 is 0. The van der Waals surface area contributed by atoms with Crippen LogP contribution in [-0.4, -0.2) is 24.6 Å². The quantitative estimate of drug-likeness (QED) is 0.850. The van der Waals surface area contributed by atoms with Crippen LogP contribution in [0.5, 0.6) is 0 Å². The largest absolute Gasteiger partial charge is 0.387 e. The van der Waals surface area contributed by atoms with Crippen molar-refractivity contribution in [1.29, 1.82) is 0 Å². The molecule has 0 bridgehead atoms. The Balaban J connectivity index is 0.000000686. The number of piperidine rings is 1. The van der Waals surface area contributed by atoms with Gasteiger partial charge in [0.15, 0.2) is 0 Å². The van der Waals surface area contributed by atoms with Gasteiger partial charge < -0.3 is 10.2 Å². The molecule has 17 heavy (non-hydrogen) atoms. The standard InChI is InChI=1S/C12H19N3.C2H6/c1-10-5-3-4-8-15(10)12-7-6-11(13-2)9-14-12;1-2/h6-7,9-10,13H,3-5,8H2,1-2H3;1-2H3. The molecule has 1 aromatic heterocycles. The first-order chi connectivity index (χ1) is 8.31. The molecule has 2 heterocycles. The summed E-state index contributed by atoms with van der Waals surface area (Å²) in [4.78, 5) is 6.89. The van der Waals surface area contributed by atoms with Crippen molar-refractivity contribution in [2.45, 2.75) is 46.1 Å². The normalized spacial score (nSPS) is 19.3. The van der Waals surface area contributed by atoms with Crippen molar-refractivity contribution < 1.29 is 0 Å². The molecule has 1 N–H and O–H groups in total. The van der Waals surface area contributed by atoms with Gasteiger partial charge in [0.2, 0.25) is 0 Å². The molecule has 1 unspecified atom stereocenters. The van der Waals surface area contributed by atoms with Gasteiger partial charge in [-0.05, 0) is 38.3 Å². The van der Waals surface area contributed by atoms with E-state index in [4.69, 9.17) is 0 Å². The number of anilines is 2. The van der Waals surface area contributed by atoms with Crippen LogP contribution in [0.15, 0.2) is 18.3 Å². The summed E-state index contributed by atoms with van der Waals surface area (Å²) < 4.78 is 0. The van der Waals surface area contributed by atoms with Crippen LogP contribution in [0.2, 0.25) is 0 Å². The predicted octanol–water partition coefficient (Wildman–Crippen LogP) is 3.53. The fraction of sp³-hybridized carbons (Fsp3) is 0.643. The third-order valence-electron chi connectivity index (χ3n) is 3.13. The molecule has 3 heteroatoms. The van der Waals surface area contributed by atoms with Crippen LogP contribution in [0, 0.1) is 0 Å². The number of rotatable bonds is 2. The van der Waals surface area contributed by atoms with E-state index in [0.717, 1.165) is 18.1 Å². The van der Waals surface area contributed by atoms with Gasteiger partial charge in [0.1, 0.15) is 5.82 Å². The average molecular weight is 235 g/mol. The van der Waals surface area contributed by atoms with Gasteiger partial charge in [-0.25, -0.2) is 4.98 Å². The molecule has 1 aromatic rings. The molecule has 0 aliphatic carbocycles. The Bertz CT molecular complexity index is 308. The molecule has 0 aromatic carbocycles. The smallest absolute Gasteiger partial charge is 0.128 e. The third-order valence-corrected chi connectivity index (χ3v) is 3.13. The van der Waals surface area contributed by atoms with Crippen molar-refractivity contribution in [3.63, 3.8) is 0 Å². The van der Waals surface area contributed by atoms with Gasteiger partial charge in [0.25, 0.3) is 0 Å². The summed E-state index contributed by atoms with van der Waals surface area (Å²) in [6.07, 6.45) is 5.83. The lowest BCUT2D eigenvalue weighted by molar-refractivity contribution is 0.481. The molecule has 96 valence electrons. The van der Waals surface area contributed by atoms with E-state index in [1.807, 2.05) is 27.1 Å². The molecular weight excluding hydrogens is 210 g/mol. The Morgan fingerprint density at radius 3 is 2.59 bits per heavy atom. The minimum Gasteiger partial charge on any atom is -0.387 e. The van der Waals surface area contributed by atoms with Crippen molar-refractivity contribution in [3.8, 4) is 0 Å². The lowest BCUT2D eigenvalue weighted by atomic mass is 10.0. The van der Waals surface area contributed by atoms with E-state index < -0.39 is 0 Å². The van der Waals surface area contributed by atoms with Crippen LogP contribution >= 0.6 is 0 Å². The molecular formula is C14H25N3. The summed E-state index contributed by atoms with van der Waals surface area (Å²) in [6, 6.07) is 4.82. The van der Waals surface area contributed by atoms with Gasteiger partial charge >= 0.3 is 0 Å². The van der Waals surface area contributed by atoms with E-state index in [-0.39, 0.29) is 0 Å². The van der Waals surface area contributed by atoms with Gasteiger partial charge in [0, 0.05) is 19.6 Å². The van der Waals surface area contributed by atoms with Crippen LogP contribution in [-0.2, 0) is 0 Å². The second kappa shape index (κ2) is 7.15. The Morgan fingerprint density at radius 2 is 2.06 bits per heavy atom. The van der Waals surface area contributed by atoms with Crippen molar-refractivity contribution in [1.82, 2.24) is 4.98 Å². The van der Waals surface area contributed by atoms with Crippen molar-refractivity contribution in [2.75, 3.05) is 23.8 Å². The highest BCUT2D eigenvalue weighted by Gasteiger charge is 2.18.